The number of aliphatic hydroxyl groups is 1. The number of rotatable bonds is 3. The fourth-order valence-electron chi connectivity index (χ4n) is 2.25. The molecular weight excluding hydrogens is 230 g/mol. The summed E-state index contributed by atoms with van der Waals surface area (Å²) in [5, 5.41) is 9.42. The maximum absolute atomic E-state index is 11.2. The number of nitrogens with two attached hydrogens (primary N) is 1. The van der Waals surface area contributed by atoms with Crippen molar-refractivity contribution in [3.05, 3.63) is 23.9 Å². The van der Waals surface area contributed by atoms with Gasteiger partial charge < -0.3 is 15.7 Å². The topological polar surface area (TPSA) is 79.5 Å². The minimum atomic E-state index is -0.508. The lowest BCUT2D eigenvalue weighted by Gasteiger charge is -2.32. The molecule has 18 heavy (non-hydrogen) atoms. The smallest absolute Gasteiger partial charge is 0.222 e. The average molecular weight is 249 g/mol. The van der Waals surface area contributed by atoms with Crippen molar-refractivity contribution in [3.63, 3.8) is 0 Å². The molecule has 5 heteroatoms. The van der Waals surface area contributed by atoms with Gasteiger partial charge in [0, 0.05) is 19.3 Å². The maximum Gasteiger partial charge on any atom is 0.222 e. The van der Waals surface area contributed by atoms with Gasteiger partial charge in [0.05, 0.1) is 12.0 Å². The van der Waals surface area contributed by atoms with Crippen LogP contribution in [0.1, 0.15) is 31.4 Å². The number of aromatic nitrogens is 1. The Morgan fingerprint density at radius 1 is 1.61 bits per heavy atom. The molecule has 3 N–H and O–H groups in total. The fourth-order valence-corrected chi connectivity index (χ4v) is 2.25. The summed E-state index contributed by atoms with van der Waals surface area (Å²) in [5.74, 6) is 0.516. The fraction of sp³-hybridized carbons (Fsp3) is 0.538. The second kappa shape index (κ2) is 5.35. The van der Waals surface area contributed by atoms with Crippen LogP contribution in [0.5, 0.6) is 0 Å². The van der Waals surface area contributed by atoms with E-state index in [-0.39, 0.29) is 11.8 Å². The number of hydrogen-bond acceptors (Lipinski definition) is 4. The third-order valence-corrected chi connectivity index (χ3v) is 3.40. The molecular formula is C13H19N3O2. The van der Waals surface area contributed by atoms with Crippen LogP contribution in [0.3, 0.4) is 0 Å². The van der Waals surface area contributed by atoms with Gasteiger partial charge in [-0.3, -0.25) is 4.79 Å². The van der Waals surface area contributed by atoms with E-state index in [1.54, 1.807) is 13.1 Å². The van der Waals surface area contributed by atoms with Gasteiger partial charge in [-0.25, -0.2) is 4.98 Å². The van der Waals surface area contributed by atoms with E-state index in [4.69, 9.17) is 5.73 Å². The molecule has 1 aliphatic rings. The molecule has 98 valence electrons. The van der Waals surface area contributed by atoms with E-state index in [1.807, 2.05) is 12.1 Å². The number of pyridine rings is 1. The van der Waals surface area contributed by atoms with E-state index in [9.17, 15) is 9.90 Å². The molecule has 2 atom stereocenters. The van der Waals surface area contributed by atoms with Crippen molar-refractivity contribution in [2.75, 3.05) is 18.0 Å². The molecule has 1 aromatic heterocycles. The van der Waals surface area contributed by atoms with Gasteiger partial charge in [-0.15, -0.1) is 0 Å². The molecule has 1 amide bonds. The number of aliphatic hydroxyl groups excluding tert-OH is 1. The minimum absolute atomic E-state index is 0.0861. The standard InChI is InChI=1S/C13H19N3O2/c1-9(17)10-4-5-12(15-7-10)16-6-2-3-11(8-16)13(14)18/h4-5,7,9,11,17H,2-3,6,8H2,1H3,(H2,14,18)/t9-,11?/m1/s1. The summed E-state index contributed by atoms with van der Waals surface area (Å²) in [6, 6.07) is 3.74. The first-order valence-corrected chi connectivity index (χ1v) is 6.26. The normalized spacial score (nSPS) is 21.7. The lowest BCUT2D eigenvalue weighted by molar-refractivity contribution is -0.122. The first-order chi connectivity index (χ1) is 8.58. The molecule has 2 heterocycles. The lowest BCUT2D eigenvalue weighted by atomic mass is 9.97. The van der Waals surface area contributed by atoms with Crippen molar-refractivity contribution in [1.82, 2.24) is 4.98 Å². The Hall–Kier alpha value is -1.62. The highest BCUT2D eigenvalue weighted by molar-refractivity contribution is 5.77. The second-order valence-corrected chi connectivity index (χ2v) is 4.81. The predicted octanol–water partition coefficient (Wildman–Crippen LogP) is 0.837. The van der Waals surface area contributed by atoms with Gasteiger partial charge in [0.1, 0.15) is 5.82 Å². The van der Waals surface area contributed by atoms with Crippen LogP contribution >= 0.6 is 0 Å². The molecule has 0 aliphatic carbocycles. The van der Waals surface area contributed by atoms with E-state index in [2.05, 4.69) is 9.88 Å². The van der Waals surface area contributed by atoms with Crippen molar-refractivity contribution in [1.29, 1.82) is 0 Å². The Labute approximate surface area is 107 Å². The molecule has 0 radical (unpaired) electrons. The van der Waals surface area contributed by atoms with Crippen molar-refractivity contribution < 1.29 is 9.90 Å². The summed E-state index contributed by atoms with van der Waals surface area (Å²) in [4.78, 5) is 17.6. The summed E-state index contributed by atoms with van der Waals surface area (Å²) >= 11 is 0. The number of anilines is 1. The molecule has 1 fully saturated rings. The van der Waals surface area contributed by atoms with Crippen LogP contribution in [0.25, 0.3) is 0 Å². The van der Waals surface area contributed by atoms with E-state index in [0.717, 1.165) is 30.8 Å². The van der Waals surface area contributed by atoms with Crippen LogP contribution < -0.4 is 10.6 Å². The number of hydrogen-bond donors (Lipinski definition) is 2. The maximum atomic E-state index is 11.2. The molecule has 0 spiro atoms. The molecule has 2 rings (SSSR count). The van der Waals surface area contributed by atoms with Crippen LogP contribution in [-0.4, -0.2) is 29.1 Å². The van der Waals surface area contributed by atoms with E-state index >= 15 is 0 Å². The van der Waals surface area contributed by atoms with Crippen LogP contribution in [0.15, 0.2) is 18.3 Å². The zero-order valence-corrected chi connectivity index (χ0v) is 10.5. The quantitative estimate of drug-likeness (QED) is 0.831. The van der Waals surface area contributed by atoms with Gasteiger partial charge >= 0.3 is 0 Å². The summed E-state index contributed by atoms with van der Waals surface area (Å²) in [6.07, 6.45) is 2.98. The van der Waals surface area contributed by atoms with Crippen molar-refractivity contribution in [3.8, 4) is 0 Å². The molecule has 5 nitrogen and oxygen atoms in total. The molecule has 1 unspecified atom stereocenters. The summed E-state index contributed by atoms with van der Waals surface area (Å²) in [6.45, 7) is 3.24. The van der Waals surface area contributed by atoms with Gasteiger partial charge in [-0.2, -0.15) is 0 Å². The highest BCUT2D eigenvalue weighted by atomic mass is 16.3. The zero-order chi connectivity index (χ0) is 13.1. The second-order valence-electron chi connectivity index (χ2n) is 4.81. The van der Waals surface area contributed by atoms with Gasteiger partial charge in [0.2, 0.25) is 5.91 Å². The molecule has 1 saturated heterocycles. The Bertz CT molecular complexity index is 417. The van der Waals surface area contributed by atoms with Crippen LogP contribution in [-0.2, 0) is 4.79 Å². The lowest BCUT2D eigenvalue weighted by Crippen LogP contribution is -2.41. The largest absolute Gasteiger partial charge is 0.389 e. The van der Waals surface area contributed by atoms with Gasteiger partial charge in [0.25, 0.3) is 0 Å². The minimum Gasteiger partial charge on any atom is -0.389 e. The Morgan fingerprint density at radius 2 is 2.39 bits per heavy atom. The number of carbonyl (C=O) groups is 1. The van der Waals surface area contributed by atoms with Crippen LogP contribution in [0, 0.1) is 5.92 Å². The Kier molecular flexibility index (Phi) is 3.81. The van der Waals surface area contributed by atoms with Crippen LogP contribution in [0.4, 0.5) is 5.82 Å². The van der Waals surface area contributed by atoms with Gasteiger partial charge in [0.15, 0.2) is 0 Å². The Balaban J connectivity index is 2.09. The summed E-state index contributed by atoms with van der Waals surface area (Å²) in [5.41, 5.74) is 6.15. The Morgan fingerprint density at radius 3 is 2.94 bits per heavy atom. The number of nitrogens with zero attached hydrogens (tertiary/aromatic N) is 2. The van der Waals surface area contributed by atoms with Gasteiger partial charge in [-0.1, -0.05) is 6.07 Å². The number of carbonyl (C=O) groups excluding carboxylic acids is 1. The molecule has 0 aromatic carbocycles. The SMILES string of the molecule is C[C@@H](O)c1ccc(N2CCCC(C(N)=O)C2)nc1. The van der Waals surface area contributed by atoms with Gasteiger partial charge in [-0.05, 0) is 31.4 Å². The summed E-state index contributed by atoms with van der Waals surface area (Å²) < 4.78 is 0. The third kappa shape index (κ3) is 2.79. The molecule has 0 bridgehead atoms. The third-order valence-electron chi connectivity index (χ3n) is 3.40. The molecule has 0 saturated carbocycles. The van der Waals surface area contributed by atoms with E-state index in [0.29, 0.717) is 6.54 Å². The number of primary amides is 1. The number of piperidine rings is 1. The monoisotopic (exact) mass is 249 g/mol. The van der Waals surface area contributed by atoms with Crippen molar-refractivity contribution >= 4 is 11.7 Å². The first-order valence-electron chi connectivity index (χ1n) is 6.26. The predicted molar refractivity (Wildman–Crippen MR) is 69.0 cm³/mol. The highest BCUT2D eigenvalue weighted by Crippen LogP contribution is 2.22. The zero-order valence-electron chi connectivity index (χ0n) is 10.5. The van der Waals surface area contributed by atoms with E-state index in [1.165, 1.54) is 0 Å². The number of amides is 1. The van der Waals surface area contributed by atoms with Crippen LogP contribution in [0.2, 0.25) is 0 Å². The molecule has 1 aromatic rings. The van der Waals surface area contributed by atoms with Crippen molar-refractivity contribution in [2.24, 2.45) is 11.7 Å². The summed E-state index contributed by atoms with van der Waals surface area (Å²) in [7, 11) is 0. The van der Waals surface area contributed by atoms with E-state index < -0.39 is 6.10 Å². The molecule has 1 aliphatic heterocycles. The highest BCUT2D eigenvalue weighted by Gasteiger charge is 2.24. The van der Waals surface area contributed by atoms with Crippen molar-refractivity contribution in [2.45, 2.75) is 25.9 Å². The first kappa shape index (κ1) is 12.8. The average Bonchev–Trinajstić information content (AvgIpc) is 2.39.